The molecule has 0 aliphatic carbocycles. The number of halogens is 3. The molecule has 0 bridgehead atoms. The van der Waals surface area contributed by atoms with Gasteiger partial charge in [0.05, 0.1) is 16.8 Å². The van der Waals surface area contributed by atoms with Crippen molar-refractivity contribution in [3.05, 3.63) is 23.3 Å². The van der Waals surface area contributed by atoms with Gasteiger partial charge in [0.15, 0.2) is 0 Å². The Hall–Kier alpha value is -1.21. The summed E-state index contributed by atoms with van der Waals surface area (Å²) in [5.41, 5.74) is -2.58. The average molecular weight is 302 g/mol. The van der Waals surface area contributed by atoms with Gasteiger partial charge in [-0.05, 0) is 57.8 Å². The highest BCUT2D eigenvalue weighted by Gasteiger charge is 2.54. The third-order valence-electron chi connectivity index (χ3n) is 4.14. The highest BCUT2D eigenvalue weighted by Crippen LogP contribution is 2.39. The molecule has 1 heterocycles. The van der Waals surface area contributed by atoms with E-state index in [0.717, 1.165) is 12.1 Å². The number of phenols is 1. The Morgan fingerprint density at radius 2 is 1.52 bits per heavy atom. The van der Waals surface area contributed by atoms with Gasteiger partial charge in [-0.1, -0.05) is 0 Å². The van der Waals surface area contributed by atoms with Gasteiger partial charge in [-0.15, -0.1) is 0 Å². The molecule has 0 radical (unpaired) electrons. The Labute approximate surface area is 122 Å². The molecule has 1 saturated heterocycles. The Balaban J connectivity index is 2.56. The van der Waals surface area contributed by atoms with Crippen molar-refractivity contribution in [2.45, 2.75) is 52.0 Å². The van der Waals surface area contributed by atoms with Crippen LogP contribution in [0.5, 0.6) is 5.75 Å². The highest BCUT2D eigenvalue weighted by atomic mass is 19.4. The van der Waals surface area contributed by atoms with Gasteiger partial charge < -0.3 is 14.4 Å². The molecule has 116 valence electrons. The van der Waals surface area contributed by atoms with Crippen molar-refractivity contribution in [3.63, 3.8) is 0 Å². The lowest BCUT2D eigenvalue weighted by atomic mass is 9.74. The van der Waals surface area contributed by atoms with Gasteiger partial charge in [-0.2, -0.15) is 13.2 Å². The zero-order valence-electron chi connectivity index (χ0n) is 12.6. The fourth-order valence-electron chi connectivity index (χ4n) is 2.34. The first-order valence-electron chi connectivity index (χ1n) is 6.61. The number of hydrogen-bond donors (Lipinski definition) is 1. The van der Waals surface area contributed by atoms with Crippen LogP contribution in [0.3, 0.4) is 0 Å². The lowest BCUT2D eigenvalue weighted by Gasteiger charge is -2.32. The topological polar surface area (TPSA) is 38.7 Å². The number of rotatable bonds is 1. The first-order valence-corrected chi connectivity index (χ1v) is 6.61. The molecule has 7 heteroatoms. The van der Waals surface area contributed by atoms with E-state index in [1.165, 1.54) is 6.92 Å². The van der Waals surface area contributed by atoms with Crippen LogP contribution in [-0.2, 0) is 15.5 Å². The van der Waals surface area contributed by atoms with E-state index in [9.17, 15) is 18.3 Å². The van der Waals surface area contributed by atoms with E-state index in [2.05, 4.69) is 0 Å². The maximum absolute atomic E-state index is 13.3. The standard InChI is InChI=1S/C14H18BF3O3/c1-8-6-9(19)7-10(11(8)14(16,17)18)15-20-12(2,3)13(4,5)21-15/h6-7,19H,1-5H3. The van der Waals surface area contributed by atoms with Gasteiger partial charge in [0, 0.05) is 0 Å². The maximum atomic E-state index is 13.3. The molecule has 0 spiro atoms. The molecule has 1 N–H and O–H groups in total. The Kier molecular flexibility index (Phi) is 3.58. The van der Waals surface area contributed by atoms with Crippen LogP contribution in [0.25, 0.3) is 0 Å². The van der Waals surface area contributed by atoms with Crippen molar-refractivity contribution in [2.24, 2.45) is 0 Å². The second-order valence-corrected chi connectivity index (χ2v) is 6.31. The van der Waals surface area contributed by atoms with Crippen LogP contribution in [0.4, 0.5) is 13.2 Å². The second kappa shape index (κ2) is 4.65. The fourth-order valence-corrected chi connectivity index (χ4v) is 2.34. The number of hydrogen-bond acceptors (Lipinski definition) is 3. The number of aromatic hydroxyl groups is 1. The molecule has 0 amide bonds. The Morgan fingerprint density at radius 1 is 1.05 bits per heavy atom. The molecule has 2 rings (SSSR count). The van der Waals surface area contributed by atoms with E-state index in [0.29, 0.717) is 0 Å². The van der Waals surface area contributed by atoms with Crippen molar-refractivity contribution < 1.29 is 27.6 Å². The summed E-state index contributed by atoms with van der Waals surface area (Å²) in [5, 5.41) is 9.63. The van der Waals surface area contributed by atoms with Gasteiger partial charge in [-0.3, -0.25) is 0 Å². The third-order valence-corrected chi connectivity index (χ3v) is 4.14. The maximum Gasteiger partial charge on any atom is 0.495 e. The van der Waals surface area contributed by atoms with E-state index in [1.54, 1.807) is 27.7 Å². The van der Waals surface area contributed by atoms with Gasteiger partial charge in [0.2, 0.25) is 0 Å². The summed E-state index contributed by atoms with van der Waals surface area (Å²) in [7, 11) is -1.17. The van der Waals surface area contributed by atoms with Gasteiger partial charge in [0.1, 0.15) is 5.75 Å². The molecule has 0 saturated carbocycles. The lowest BCUT2D eigenvalue weighted by molar-refractivity contribution is -0.137. The largest absolute Gasteiger partial charge is 0.508 e. The minimum absolute atomic E-state index is 0.0628. The normalized spacial score (nSPS) is 20.9. The molecular formula is C14H18BF3O3. The molecule has 0 unspecified atom stereocenters. The molecule has 1 aliphatic rings. The summed E-state index contributed by atoms with van der Waals surface area (Å²) in [6.45, 7) is 8.34. The molecule has 1 aromatic carbocycles. The van der Waals surface area contributed by atoms with Crippen LogP contribution >= 0.6 is 0 Å². The zero-order chi connectivity index (χ0) is 16.2. The summed E-state index contributed by atoms with van der Waals surface area (Å²) < 4.78 is 51.2. The van der Waals surface area contributed by atoms with E-state index in [-0.39, 0.29) is 16.8 Å². The minimum atomic E-state index is -4.54. The van der Waals surface area contributed by atoms with Crippen molar-refractivity contribution >= 4 is 12.6 Å². The summed E-state index contributed by atoms with van der Waals surface area (Å²) in [6.07, 6.45) is -4.54. The van der Waals surface area contributed by atoms with E-state index >= 15 is 0 Å². The average Bonchev–Trinajstić information content (AvgIpc) is 2.44. The van der Waals surface area contributed by atoms with Crippen molar-refractivity contribution in [2.75, 3.05) is 0 Å². The molecule has 0 atom stereocenters. The van der Waals surface area contributed by atoms with Crippen LogP contribution in [-0.4, -0.2) is 23.4 Å². The minimum Gasteiger partial charge on any atom is -0.508 e. The van der Waals surface area contributed by atoms with Crippen LogP contribution in [0.1, 0.15) is 38.8 Å². The molecular weight excluding hydrogens is 284 g/mol. The summed E-state index contributed by atoms with van der Waals surface area (Å²) in [5.74, 6) is -0.245. The molecule has 21 heavy (non-hydrogen) atoms. The first-order chi connectivity index (χ1) is 9.35. The lowest BCUT2D eigenvalue weighted by Crippen LogP contribution is -2.41. The third kappa shape index (κ3) is 2.76. The van der Waals surface area contributed by atoms with Crippen molar-refractivity contribution in [1.82, 2.24) is 0 Å². The molecule has 1 aliphatic heterocycles. The second-order valence-electron chi connectivity index (χ2n) is 6.31. The van der Waals surface area contributed by atoms with Gasteiger partial charge >= 0.3 is 13.3 Å². The van der Waals surface area contributed by atoms with E-state index in [1.807, 2.05) is 0 Å². The van der Waals surface area contributed by atoms with Crippen molar-refractivity contribution in [3.8, 4) is 5.75 Å². The zero-order valence-corrected chi connectivity index (χ0v) is 12.6. The van der Waals surface area contributed by atoms with Crippen LogP contribution in [0.15, 0.2) is 12.1 Å². The van der Waals surface area contributed by atoms with Crippen molar-refractivity contribution in [1.29, 1.82) is 0 Å². The Morgan fingerprint density at radius 3 is 1.95 bits per heavy atom. The quantitative estimate of drug-likeness (QED) is 0.811. The van der Waals surface area contributed by atoms with Crippen LogP contribution in [0.2, 0.25) is 0 Å². The Bertz CT molecular complexity index is 551. The fraction of sp³-hybridized carbons (Fsp3) is 0.571. The summed E-state index contributed by atoms with van der Waals surface area (Å²) in [6, 6.07) is 2.13. The predicted molar refractivity (Wildman–Crippen MR) is 73.6 cm³/mol. The monoisotopic (exact) mass is 302 g/mol. The molecule has 0 aromatic heterocycles. The number of aryl methyl sites for hydroxylation is 1. The number of phenolic OH excluding ortho intramolecular Hbond substituents is 1. The predicted octanol–water partition coefficient (Wildman–Crippen LogP) is 3.02. The highest BCUT2D eigenvalue weighted by molar-refractivity contribution is 6.62. The van der Waals surface area contributed by atoms with E-state index < -0.39 is 30.1 Å². The van der Waals surface area contributed by atoms with Crippen LogP contribution in [0, 0.1) is 6.92 Å². The van der Waals surface area contributed by atoms with Crippen LogP contribution < -0.4 is 5.46 Å². The molecule has 1 aromatic rings. The molecule has 1 fully saturated rings. The number of benzene rings is 1. The van der Waals surface area contributed by atoms with E-state index in [4.69, 9.17) is 9.31 Å². The molecule has 3 nitrogen and oxygen atoms in total. The van der Waals surface area contributed by atoms with Gasteiger partial charge in [0.25, 0.3) is 0 Å². The first kappa shape index (κ1) is 16.2. The number of alkyl halides is 3. The summed E-state index contributed by atoms with van der Waals surface area (Å²) >= 11 is 0. The van der Waals surface area contributed by atoms with Gasteiger partial charge in [-0.25, -0.2) is 0 Å². The SMILES string of the molecule is Cc1cc(O)cc(B2OC(C)(C)C(C)(C)O2)c1C(F)(F)F. The summed E-state index contributed by atoms with van der Waals surface area (Å²) in [4.78, 5) is 0. The smallest absolute Gasteiger partial charge is 0.495 e.